The van der Waals surface area contributed by atoms with E-state index < -0.39 is 0 Å². The van der Waals surface area contributed by atoms with Gasteiger partial charge in [0.1, 0.15) is 0 Å². The first-order valence-corrected chi connectivity index (χ1v) is 7.81. The zero-order valence-electron chi connectivity index (χ0n) is 12.4. The number of nitrogens with two attached hydrogens (primary N) is 1. The molecule has 1 saturated heterocycles. The Morgan fingerprint density at radius 2 is 2.05 bits per heavy atom. The fourth-order valence-corrected chi connectivity index (χ4v) is 3.26. The maximum atomic E-state index is 6.11. The van der Waals surface area contributed by atoms with Crippen molar-refractivity contribution in [3.05, 3.63) is 29.8 Å². The molecular formula is C17H28N2. The van der Waals surface area contributed by atoms with Gasteiger partial charge in [0, 0.05) is 24.8 Å². The molecule has 2 rings (SSSR count). The first kappa shape index (κ1) is 14.4. The Bertz CT molecular complexity index is 387. The summed E-state index contributed by atoms with van der Waals surface area (Å²) in [6, 6.07) is 8.76. The number of nitrogens with zero attached hydrogens (tertiary/aromatic N) is 1. The second kappa shape index (κ2) is 6.95. The van der Waals surface area contributed by atoms with E-state index in [9.17, 15) is 0 Å². The van der Waals surface area contributed by atoms with Crippen molar-refractivity contribution in [1.82, 2.24) is 0 Å². The minimum Gasteiger partial charge on any atom is -0.371 e. The third-order valence-corrected chi connectivity index (χ3v) is 4.31. The molecule has 2 atom stereocenters. The zero-order chi connectivity index (χ0) is 13.7. The van der Waals surface area contributed by atoms with Gasteiger partial charge in [0.2, 0.25) is 0 Å². The molecule has 0 aliphatic carbocycles. The van der Waals surface area contributed by atoms with Gasteiger partial charge in [-0.15, -0.1) is 0 Å². The summed E-state index contributed by atoms with van der Waals surface area (Å²) in [6.07, 6.45) is 6.76. The summed E-state index contributed by atoms with van der Waals surface area (Å²) in [6.45, 7) is 6.75. The average Bonchev–Trinajstić information content (AvgIpc) is 2.65. The molecule has 2 heteroatoms. The van der Waals surface area contributed by atoms with Crippen LogP contribution in [0.1, 0.15) is 57.6 Å². The van der Waals surface area contributed by atoms with Crippen molar-refractivity contribution in [3.8, 4) is 0 Å². The van der Waals surface area contributed by atoms with Crippen molar-refractivity contribution >= 4 is 5.69 Å². The quantitative estimate of drug-likeness (QED) is 0.882. The van der Waals surface area contributed by atoms with Crippen LogP contribution in [0.25, 0.3) is 0 Å². The molecule has 2 nitrogen and oxygen atoms in total. The van der Waals surface area contributed by atoms with Crippen LogP contribution in [0.5, 0.6) is 0 Å². The van der Waals surface area contributed by atoms with Gasteiger partial charge in [-0.1, -0.05) is 38.0 Å². The maximum Gasteiger partial charge on any atom is 0.0414 e. The zero-order valence-corrected chi connectivity index (χ0v) is 12.4. The summed E-state index contributed by atoms with van der Waals surface area (Å²) in [5.41, 5.74) is 8.75. The monoisotopic (exact) mass is 260 g/mol. The van der Waals surface area contributed by atoms with Gasteiger partial charge in [0.05, 0.1) is 0 Å². The molecule has 1 fully saturated rings. The van der Waals surface area contributed by atoms with Gasteiger partial charge >= 0.3 is 0 Å². The normalized spacial score (nSPS) is 22.1. The standard InChI is InChI=1S/C17H28N2/c1-3-7-15-8-6-12-19(13-11-15)17-10-5-4-9-16(17)14(2)18/h4-5,9-10,14-15H,3,6-8,11-13,18H2,1-2H3/t14-,15?/m1/s1. The topological polar surface area (TPSA) is 29.3 Å². The average molecular weight is 260 g/mol. The van der Waals surface area contributed by atoms with E-state index in [0.29, 0.717) is 0 Å². The van der Waals surface area contributed by atoms with Crippen LogP contribution in [-0.2, 0) is 0 Å². The molecule has 0 bridgehead atoms. The minimum atomic E-state index is 0.117. The van der Waals surface area contributed by atoms with Gasteiger partial charge in [-0.25, -0.2) is 0 Å². The van der Waals surface area contributed by atoms with Crippen LogP contribution in [0.2, 0.25) is 0 Å². The van der Waals surface area contributed by atoms with E-state index in [2.05, 4.69) is 43.0 Å². The first-order chi connectivity index (χ1) is 9.22. The number of hydrogen-bond acceptors (Lipinski definition) is 2. The summed E-state index contributed by atoms with van der Waals surface area (Å²) in [7, 11) is 0. The highest BCUT2D eigenvalue weighted by Crippen LogP contribution is 2.29. The first-order valence-electron chi connectivity index (χ1n) is 7.81. The van der Waals surface area contributed by atoms with Gasteiger partial charge in [0.25, 0.3) is 0 Å². The molecule has 1 aromatic carbocycles. The molecule has 0 saturated carbocycles. The molecule has 0 radical (unpaired) electrons. The smallest absolute Gasteiger partial charge is 0.0414 e. The Morgan fingerprint density at radius 3 is 2.79 bits per heavy atom. The van der Waals surface area contributed by atoms with E-state index >= 15 is 0 Å². The molecular weight excluding hydrogens is 232 g/mol. The predicted octanol–water partition coefficient (Wildman–Crippen LogP) is 4.11. The predicted molar refractivity (Wildman–Crippen MR) is 83.5 cm³/mol. The van der Waals surface area contributed by atoms with Crippen molar-refractivity contribution in [3.63, 3.8) is 0 Å². The number of rotatable bonds is 4. The van der Waals surface area contributed by atoms with Crippen molar-refractivity contribution in [2.75, 3.05) is 18.0 Å². The molecule has 19 heavy (non-hydrogen) atoms. The number of anilines is 1. The SMILES string of the molecule is CCCC1CCCN(c2ccccc2[C@@H](C)N)CC1. The summed E-state index contributed by atoms with van der Waals surface area (Å²) < 4.78 is 0. The van der Waals surface area contributed by atoms with Crippen molar-refractivity contribution < 1.29 is 0 Å². The molecule has 1 aromatic rings. The van der Waals surface area contributed by atoms with E-state index in [1.54, 1.807) is 0 Å². The van der Waals surface area contributed by atoms with Crippen LogP contribution in [0.3, 0.4) is 0 Å². The largest absolute Gasteiger partial charge is 0.371 e. The highest BCUT2D eigenvalue weighted by atomic mass is 15.1. The van der Waals surface area contributed by atoms with E-state index in [4.69, 9.17) is 5.73 Å². The molecule has 0 aromatic heterocycles. The number of benzene rings is 1. The van der Waals surface area contributed by atoms with Gasteiger partial charge < -0.3 is 10.6 Å². The van der Waals surface area contributed by atoms with E-state index in [1.807, 2.05) is 0 Å². The molecule has 1 heterocycles. The molecule has 2 N–H and O–H groups in total. The molecule has 1 aliphatic heterocycles. The van der Waals surface area contributed by atoms with Gasteiger partial charge in [0.15, 0.2) is 0 Å². The van der Waals surface area contributed by atoms with Gasteiger partial charge in [-0.2, -0.15) is 0 Å². The van der Waals surface area contributed by atoms with Crippen molar-refractivity contribution in [2.45, 2.75) is 52.0 Å². The maximum absolute atomic E-state index is 6.11. The van der Waals surface area contributed by atoms with Crippen LogP contribution in [0.4, 0.5) is 5.69 Å². The van der Waals surface area contributed by atoms with E-state index in [0.717, 1.165) is 5.92 Å². The van der Waals surface area contributed by atoms with Crippen LogP contribution in [0, 0.1) is 5.92 Å². The van der Waals surface area contributed by atoms with Crippen molar-refractivity contribution in [2.24, 2.45) is 11.7 Å². The Labute approximate surface area is 118 Å². The van der Waals surface area contributed by atoms with E-state index in [1.165, 1.54) is 56.4 Å². The second-order valence-corrected chi connectivity index (χ2v) is 5.92. The molecule has 0 spiro atoms. The van der Waals surface area contributed by atoms with Crippen LogP contribution < -0.4 is 10.6 Å². The lowest BCUT2D eigenvalue weighted by Crippen LogP contribution is -2.26. The summed E-state index contributed by atoms with van der Waals surface area (Å²) in [5.74, 6) is 0.928. The highest BCUT2D eigenvalue weighted by Gasteiger charge is 2.19. The Balaban J connectivity index is 2.10. The van der Waals surface area contributed by atoms with Crippen LogP contribution >= 0.6 is 0 Å². The minimum absolute atomic E-state index is 0.117. The third kappa shape index (κ3) is 3.73. The fraction of sp³-hybridized carbons (Fsp3) is 0.647. The highest BCUT2D eigenvalue weighted by molar-refractivity contribution is 5.55. The lowest BCUT2D eigenvalue weighted by molar-refractivity contribution is 0.435. The Kier molecular flexibility index (Phi) is 5.26. The van der Waals surface area contributed by atoms with Crippen molar-refractivity contribution in [1.29, 1.82) is 0 Å². The third-order valence-electron chi connectivity index (χ3n) is 4.31. The van der Waals surface area contributed by atoms with Gasteiger partial charge in [-0.3, -0.25) is 0 Å². The van der Waals surface area contributed by atoms with Crippen LogP contribution in [-0.4, -0.2) is 13.1 Å². The molecule has 0 amide bonds. The van der Waals surface area contributed by atoms with E-state index in [-0.39, 0.29) is 6.04 Å². The molecule has 1 aliphatic rings. The summed E-state index contributed by atoms with van der Waals surface area (Å²) in [4.78, 5) is 2.55. The van der Waals surface area contributed by atoms with Gasteiger partial charge in [-0.05, 0) is 43.7 Å². The Hall–Kier alpha value is -1.02. The lowest BCUT2D eigenvalue weighted by atomic mass is 9.96. The second-order valence-electron chi connectivity index (χ2n) is 5.92. The molecule has 1 unspecified atom stereocenters. The van der Waals surface area contributed by atoms with Crippen LogP contribution in [0.15, 0.2) is 24.3 Å². The number of para-hydroxylation sites is 1. The summed E-state index contributed by atoms with van der Waals surface area (Å²) in [5, 5.41) is 0. The Morgan fingerprint density at radius 1 is 1.26 bits per heavy atom. The number of hydrogen-bond donors (Lipinski definition) is 1. The lowest BCUT2D eigenvalue weighted by Gasteiger charge is -2.27. The summed E-state index contributed by atoms with van der Waals surface area (Å²) >= 11 is 0. The molecule has 106 valence electrons. The fourth-order valence-electron chi connectivity index (χ4n) is 3.26.